The lowest BCUT2D eigenvalue weighted by atomic mass is 10.1. The second kappa shape index (κ2) is 9.00. The van der Waals surface area contributed by atoms with Crippen LogP contribution in [0.25, 0.3) is 0 Å². The lowest BCUT2D eigenvalue weighted by molar-refractivity contribution is 0.0966. The molecule has 0 atom stereocenters. The van der Waals surface area contributed by atoms with E-state index in [0.717, 1.165) is 6.42 Å². The van der Waals surface area contributed by atoms with Gasteiger partial charge < -0.3 is 9.47 Å². The Bertz CT molecular complexity index is 467. The number of hydrogen-bond acceptors (Lipinski definition) is 4. The van der Waals surface area contributed by atoms with Crippen molar-refractivity contribution in [2.24, 2.45) is 10.9 Å². The molecule has 0 saturated heterocycles. The first-order valence-electron chi connectivity index (χ1n) is 7.19. The van der Waals surface area contributed by atoms with Gasteiger partial charge >= 0.3 is 0 Å². The molecule has 0 spiro atoms. The van der Waals surface area contributed by atoms with Crippen molar-refractivity contribution in [2.45, 2.75) is 27.2 Å². The topological polar surface area (TPSA) is 59.9 Å². The molecule has 0 bridgehead atoms. The fraction of sp³-hybridized carbons (Fsp3) is 0.500. The van der Waals surface area contributed by atoms with E-state index in [2.05, 4.69) is 24.2 Å². The molecule has 1 aromatic carbocycles. The minimum Gasteiger partial charge on any atom is -0.497 e. The minimum atomic E-state index is -0.241. The average Bonchev–Trinajstić information content (AvgIpc) is 2.47. The quantitative estimate of drug-likeness (QED) is 0.648. The van der Waals surface area contributed by atoms with E-state index < -0.39 is 0 Å². The average molecular weight is 292 g/mol. The number of methoxy groups -OCH3 is 1. The standard InChI is InChI=1S/C16H24N2O3/c1-5-21-16(17-11-10-12(2)3)18-15(19)13-6-8-14(20-4)9-7-13/h6-9,12H,5,10-11H2,1-4H3,(H,17,18,19). The fourth-order valence-electron chi connectivity index (χ4n) is 1.59. The first kappa shape index (κ1) is 17.0. The fourth-order valence-corrected chi connectivity index (χ4v) is 1.59. The summed E-state index contributed by atoms with van der Waals surface area (Å²) in [4.78, 5) is 16.4. The van der Waals surface area contributed by atoms with Crippen LogP contribution in [-0.2, 0) is 4.74 Å². The van der Waals surface area contributed by atoms with Gasteiger partial charge in [0.05, 0.1) is 13.7 Å². The Balaban J connectivity index is 2.66. The first-order valence-corrected chi connectivity index (χ1v) is 7.19. The largest absolute Gasteiger partial charge is 0.497 e. The molecule has 0 radical (unpaired) electrons. The smallest absolute Gasteiger partial charge is 0.291 e. The van der Waals surface area contributed by atoms with E-state index >= 15 is 0 Å². The zero-order valence-electron chi connectivity index (χ0n) is 13.2. The molecule has 0 saturated carbocycles. The summed E-state index contributed by atoms with van der Waals surface area (Å²) in [6.45, 7) is 7.22. The zero-order valence-corrected chi connectivity index (χ0v) is 13.2. The molecule has 1 rings (SSSR count). The van der Waals surface area contributed by atoms with Crippen molar-refractivity contribution in [1.82, 2.24) is 5.32 Å². The van der Waals surface area contributed by atoms with Gasteiger partial charge in [0.15, 0.2) is 0 Å². The molecule has 1 N–H and O–H groups in total. The minimum absolute atomic E-state index is 0.241. The summed E-state index contributed by atoms with van der Waals surface area (Å²) in [6.07, 6.45) is 0.953. The van der Waals surface area contributed by atoms with E-state index in [-0.39, 0.29) is 11.9 Å². The van der Waals surface area contributed by atoms with Crippen LogP contribution in [0, 0.1) is 5.92 Å². The molecule has 116 valence electrons. The number of aliphatic imine (C=N–C) groups is 1. The number of carbonyl (C=O) groups is 1. The van der Waals surface area contributed by atoms with E-state index in [1.54, 1.807) is 31.4 Å². The molecule has 0 heterocycles. The molecular formula is C16H24N2O3. The Kier molecular flexibility index (Phi) is 7.29. The van der Waals surface area contributed by atoms with E-state index in [0.29, 0.717) is 30.4 Å². The number of amides is 1. The number of rotatable bonds is 6. The Labute approximate surface area is 126 Å². The summed E-state index contributed by atoms with van der Waals surface area (Å²) in [5.41, 5.74) is 0.534. The summed E-state index contributed by atoms with van der Waals surface area (Å²) in [5.74, 6) is 1.03. The summed E-state index contributed by atoms with van der Waals surface area (Å²) in [5, 5.41) is 2.69. The highest BCUT2D eigenvalue weighted by Crippen LogP contribution is 2.11. The molecule has 5 heteroatoms. The number of hydrogen-bond donors (Lipinski definition) is 1. The van der Waals surface area contributed by atoms with E-state index in [9.17, 15) is 4.79 Å². The Morgan fingerprint density at radius 1 is 1.29 bits per heavy atom. The summed E-state index contributed by atoms with van der Waals surface area (Å²) < 4.78 is 10.4. The lowest BCUT2D eigenvalue weighted by Gasteiger charge is -2.10. The van der Waals surface area contributed by atoms with Gasteiger partial charge in [-0.1, -0.05) is 13.8 Å². The molecule has 0 fully saturated rings. The van der Waals surface area contributed by atoms with Crippen LogP contribution in [-0.4, -0.2) is 32.2 Å². The monoisotopic (exact) mass is 292 g/mol. The van der Waals surface area contributed by atoms with Crippen LogP contribution in [0.3, 0.4) is 0 Å². The number of benzene rings is 1. The van der Waals surface area contributed by atoms with Crippen molar-refractivity contribution in [2.75, 3.05) is 20.3 Å². The molecule has 0 aliphatic rings. The number of amidine groups is 1. The van der Waals surface area contributed by atoms with Crippen molar-refractivity contribution in [3.8, 4) is 5.75 Å². The molecule has 21 heavy (non-hydrogen) atoms. The molecule has 0 unspecified atom stereocenters. The van der Waals surface area contributed by atoms with Gasteiger partial charge in [0.2, 0.25) is 0 Å². The number of ether oxygens (including phenoxy) is 2. The van der Waals surface area contributed by atoms with Gasteiger partial charge in [-0.2, -0.15) is 0 Å². The third kappa shape index (κ3) is 6.29. The first-order chi connectivity index (χ1) is 10.1. The highest BCUT2D eigenvalue weighted by Gasteiger charge is 2.09. The van der Waals surface area contributed by atoms with E-state index in [1.807, 2.05) is 6.92 Å². The molecule has 5 nitrogen and oxygen atoms in total. The second-order valence-corrected chi connectivity index (χ2v) is 4.99. The molecular weight excluding hydrogens is 268 g/mol. The van der Waals surface area contributed by atoms with Crippen LogP contribution < -0.4 is 10.1 Å². The normalized spacial score (nSPS) is 11.4. The van der Waals surface area contributed by atoms with E-state index in [4.69, 9.17) is 9.47 Å². The van der Waals surface area contributed by atoms with Gasteiger partial charge in [-0.05, 0) is 43.5 Å². The Hall–Kier alpha value is -2.04. The van der Waals surface area contributed by atoms with Crippen molar-refractivity contribution in [3.05, 3.63) is 29.8 Å². The molecule has 0 aliphatic carbocycles. The number of carbonyl (C=O) groups excluding carboxylic acids is 1. The number of nitrogens with zero attached hydrogens (tertiary/aromatic N) is 1. The van der Waals surface area contributed by atoms with Crippen LogP contribution in [0.15, 0.2) is 29.3 Å². The van der Waals surface area contributed by atoms with Gasteiger partial charge in [-0.3, -0.25) is 10.1 Å². The lowest BCUT2D eigenvalue weighted by Crippen LogP contribution is -2.32. The molecule has 0 aromatic heterocycles. The predicted octanol–water partition coefficient (Wildman–Crippen LogP) is 2.86. The highest BCUT2D eigenvalue weighted by atomic mass is 16.5. The maximum absolute atomic E-state index is 12.1. The zero-order chi connectivity index (χ0) is 15.7. The van der Waals surface area contributed by atoms with Crippen molar-refractivity contribution >= 4 is 11.9 Å². The van der Waals surface area contributed by atoms with Gasteiger partial charge in [0.25, 0.3) is 11.9 Å². The van der Waals surface area contributed by atoms with Crippen molar-refractivity contribution in [3.63, 3.8) is 0 Å². The molecule has 1 aromatic rings. The summed E-state index contributed by atoms with van der Waals surface area (Å²) in [6, 6.07) is 7.16. The van der Waals surface area contributed by atoms with Crippen molar-refractivity contribution in [1.29, 1.82) is 0 Å². The Morgan fingerprint density at radius 2 is 1.95 bits per heavy atom. The third-order valence-corrected chi connectivity index (χ3v) is 2.82. The van der Waals surface area contributed by atoms with Crippen molar-refractivity contribution < 1.29 is 14.3 Å². The van der Waals surface area contributed by atoms with Crippen LogP contribution in [0.4, 0.5) is 0 Å². The third-order valence-electron chi connectivity index (χ3n) is 2.82. The van der Waals surface area contributed by atoms with Gasteiger partial charge in [0.1, 0.15) is 5.75 Å². The van der Waals surface area contributed by atoms with Crippen LogP contribution in [0.5, 0.6) is 5.75 Å². The maximum atomic E-state index is 12.1. The second-order valence-electron chi connectivity index (χ2n) is 4.99. The summed E-state index contributed by atoms with van der Waals surface area (Å²) >= 11 is 0. The number of nitrogens with one attached hydrogen (secondary N) is 1. The molecule has 0 aliphatic heterocycles. The molecule has 1 amide bonds. The van der Waals surface area contributed by atoms with Gasteiger partial charge in [-0.15, -0.1) is 0 Å². The maximum Gasteiger partial charge on any atom is 0.291 e. The van der Waals surface area contributed by atoms with Crippen LogP contribution in [0.1, 0.15) is 37.6 Å². The SMILES string of the molecule is CCOC(=NCCC(C)C)NC(=O)c1ccc(OC)cc1. The van der Waals surface area contributed by atoms with Crippen LogP contribution in [0.2, 0.25) is 0 Å². The van der Waals surface area contributed by atoms with Crippen LogP contribution >= 0.6 is 0 Å². The highest BCUT2D eigenvalue weighted by molar-refractivity contribution is 6.04. The predicted molar refractivity (Wildman–Crippen MR) is 83.8 cm³/mol. The van der Waals surface area contributed by atoms with Gasteiger partial charge in [0, 0.05) is 12.1 Å². The van der Waals surface area contributed by atoms with Gasteiger partial charge in [-0.25, -0.2) is 4.99 Å². The van der Waals surface area contributed by atoms with E-state index in [1.165, 1.54) is 0 Å². The summed E-state index contributed by atoms with van der Waals surface area (Å²) in [7, 11) is 1.59. The Morgan fingerprint density at radius 3 is 2.48 bits per heavy atom.